The number of anilines is 3. The van der Waals surface area contributed by atoms with Crippen molar-refractivity contribution in [3.8, 4) is 11.3 Å². The Hall–Kier alpha value is -3.62. The lowest BCUT2D eigenvalue weighted by molar-refractivity contribution is 0.0542. The molecule has 36 heavy (non-hydrogen) atoms. The first-order valence-corrected chi connectivity index (χ1v) is 12.8. The van der Waals surface area contributed by atoms with Gasteiger partial charge in [-0.1, -0.05) is 0 Å². The first-order valence-electron chi connectivity index (χ1n) is 12.8. The number of imidazole rings is 1. The average molecular weight is 485 g/mol. The molecule has 3 N–H and O–H groups in total. The van der Waals surface area contributed by atoms with E-state index in [1.54, 1.807) is 18.5 Å². The van der Waals surface area contributed by atoms with Crippen molar-refractivity contribution in [1.82, 2.24) is 19.3 Å². The Morgan fingerprint density at radius 3 is 2.47 bits per heavy atom. The number of H-pyrrole nitrogens is 1. The van der Waals surface area contributed by atoms with Crippen LogP contribution in [0.5, 0.6) is 0 Å². The van der Waals surface area contributed by atoms with E-state index in [9.17, 15) is 9.90 Å². The number of fused-ring (bicyclic) bond motifs is 1. The summed E-state index contributed by atoms with van der Waals surface area (Å²) in [4.78, 5) is 24.1. The monoisotopic (exact) mass is 484 g/mol. The van der Waals surface area contributed by atoms with Gasteiger partial charge in [-0.05, 0) is 68.1 Å². The Balaban J connectivity index is 1.13. The molecule has 4 aromatic rings. The highest BCUT2D eigenvalue weighted by atomic mass is 16.3. The van der Waals surface area contributed by atoms with Crippen molar-refractivity contribution < 1.29 is 5.11 Å². The van der Waals surface area contributed by atoms with Crippen molar-refractivity contribution in [2.45, 2.75) is 37.8 Å². The van der Waals surface area contributed by atoms with Crippen LogP contribution in [0.4, 0.5) is 17.1 Å². The van der Waals surface area contributed by atoms with Gasteiger partial charge in [0.15, 0.2) is 5.65 Å². The summed E-state index contributed by atoms with van der Waals surface area (Å²) in [6.07, 6.45) is 9.41. The molecule has 6 rings (SSSR count). The van der Waals surface area contributed by atoms with Crippen molar-refractivity contribution in [2.75, 3.05) is 36.4 Å². The van der Waals surface area contributed by atoms with Crippen molar-refractivity contribution in [2.24, 2.45) is 0 Å². The van der Waals surface area contributed by atoms with E-state index in [1.807, 2.05) is 28.8 Å². The molecule has 2 saturated heterocycles. The van der Waals surface area contributed by atoms with Gasteiger partial charge in [0, 0.05) is 73.8 Å². The molecular weight excluding hydrogens is 452 g/mol. The molecule has 0 radical (unpaired) electrons. The number of hydrogen-bond donors (Lipinski definition) is 3. The molecule has 0 spiro atoms. The number of hydrogen-bond acceptors (Lipinski definition) is 6. The molecule has 0 atom stereocenters. The molecule has 1 aromatic carbocycles. The highest BCUT2D eigenvalue weighted by molar-refractivity contribution is 5.78. The number of aliphatic hydroxyl groups is 1. The molecule has 0 unspecified atom stereocenters. The standard InChI is InChI=1S/C28H32N6O2/c35-24-10-16-33(17-11-24)23-8-14-32(15-9-23)22-3-1-21(2-4-22)31-25-5-6-26(34-18-13-30-28(25)34)20-7-12-29-27(36)19-20/h1-7,12-13,18-19,23-24,31,35H,8-11,14-17H2,(H,29,36). The van der Waals surface area contributed by atoms with Crippen molar-refractivity contribution >= 4 is 22.7 Å². The van der Waals surface area contributed by atoms with Gasteiger partial charge >= 0.3 is 0 Å². The third-order valence-electron chi connectivity index (χ3n) is 7.61. The van der Waals surface area contributed by atoms with Crippen LogP contribution in [0, 0.1) is 0 Å². The van der Waals surface area contributed by atoms with Crippen LogP contribution >= 0.6 is 0 Å². The Bertz CT molecular complexity index is 1380. The van der Waals surface area contributed by atoms with Crippen LogP contribution in [-0.2, 0) is 0 Å². The maximum Gasteiger partial charge on any atom is 0.248 e. The lowest BCUT2D eigenvalue weighted by atomic mass is 9.98. The zero-order chi connectivity index (χ0) is 24.5. The molecule has 8 nitrogen and oxygen atoms in total. The number of pyridine rings is 2. The number of aliphatic hydroxyl groups excluding tert-OH is 1. The maximum absolute atomic E-state index is 11.8. The molecule has 5 heterocycles. The number of piperidine rings is 2. The van der Waals surface area contributed by atoms with E-state index in [2.05, 4.69) is 49.4 Å². The minimum Gasteiger partial charge on any atom is -0.393 e. The Morgan fingerprint density at radius 2 is 1.72 bits per heavy atom. The number of rotatable bonds is 5. The molecule has 2 fully saturated rings. The maximum atomic E-state index is 11.8. The fourth-order valence-electron chi connectivity index (χ4n) is 5.60. The van der Waals surface area contributed by atoms with Crippen molar-refractivity contribution in [3.05, 3.63) is 77.5 Å². The Labute approximate surface area is 210 Å². The second-order valence-electron chi connectivity index (χ2n) is 9.85. The Kier molecular flexibility index (Phi) is 6.21. The summed E-state index contributed by atoms with van der Waals surface area (Å²) in [5, 5.41) is 13.3. The summed E-state index contributed by atoms with van der Waals surface area (Å²) in [7, 11) is 0. The lowest BCUT2D eigenvalue weighted by Gasteiger charge is -2.41. The van der Waals surface area contributed by atoms with Crippen LogP contribution < -0.4 is 15.8 Å². The van der Waals surface area contributed by atoms with Gasteiger partial charge in [-0.25, -0.2) is 4.98 Å². The fraction of sp³-hybridized carbons (Fsp3) is 0.357. The average Bonchev–Trinajstić information content (AvgIpc) is 3.41. The van der Waals surface area contributed by atoms with Gasteiger partial charge in [-0.15, -0.1) is 0 Å². The van der Waals surface area contributed by atoms with E-state index in [0.29, 0.717) is 6.04 Å². The zero-order valence-electron chi connectivity index (χ0n) is 20.3. The molecular formula is C28H32N6O2. The van der Waals surface area contributed by atoms with Crippen LogP contribution in [-0.4, -0.2) is 62.7 Å². The molecule has 0 bridgehead atoms. The van der Waals surface area contributed by atoms with Gasteiger partial charge in [0.2, 0.25) is 5.56 Å². The van der Waals surface area contributed by atoms with E-state index in [-0.39, 0.29) is 11.7 Å². The minimum atomic E-state index is -0.126. The normalized spacial score (nSPS) is 18.1. The van der Waals surface area contributed by atoms with Gasteiger partial charge in [0.1, 0.15) is 0 Å². The van der Waals surface area contributed by atoms with Crippen LogP contribution in [0.1, 0.15) is 25.7 Å². The highest BCUT2D eigenvalue weighted by Crippen LogP contribution is 2.29. The Morgan fingerprint density at radius 1 is 0.944 bits per heavy atom. The number of likely N-dealkylation sites (tertiary alicyclic amines) is 1. The van der Waals surface area contributed by atoms with Gasteiger partial charge in [0.25, 0.3) is 0 Å². The summed E-state index contributed by atoms with van der Waals surface area (Å²) in [6.45, 7) is 4.19. The van der Waals surface area contributed by atoms with E-state index in [4.69, 9.17) is 0 Å². The summed E-state index contributed by atoms with van der Waals surface area (Å²) in [5.41, 5.74) is 5.62. The fourth-order valence-corrected chi connectivity index (χ4v) is 5.60. The summed E-state index contributed by atoms with van der Waals surface area (Å²) < 4.78 is 2.00. The molecule has 0 amide bonds. The lowest BCUT2D eigenvalue weighted by Crippen LogP contribution is -2.48. The largest absolute Gasteiger partial charge is 0.393 e. The number of aromatic amines is 1. The summed E-state index contributed by atoms with van der Waals surface area (Å²) >= 11 is 0. The SMILES string of the molecule is O=c1cc(-c2ccc(Nc3ccc(N4CCC(N5CCC(O)CC5)CC4)cc3)c3nccn23)cc[nH]1. The first kappa shape index (κ1) is 22.8. The number of nitrogens with one attached hydrogen (secondary N) is 2. The summed E-state index contributed by atoms with van der Waals surface area (Å²) in [5.74, 6) is 0. The van der Waals surface area contributed by atoms with Crippen molar-refractivity contribution in [3.63, 3.8) is 0 Å². The zero-order valence-corrected chi connectivity index (χ0v) is 20.3. The van der Waals surface area contributed by atoms with E-state index in [1.165, 1.54) is 18.5 Å². The second kappa shape index (κ2) is 9.79. The molecule has 0 aliphatic carbocycles. The molecule has 3 aromatic heterocycles. The molecule has 8 heteroatoms. The predicted molar refractivity (Wildman–Crippen MR) is 143 cm³/mol. The quantitative estimate of drug-likeness (QED) is 0.399. The smallest absolute Gasteiger partial charge is 0.248 e. The van der Waals surface area contributed by atoms with Gasteiger partial charge in [0.05, 0.1) is 17.5 Å². The van der Waals surface area contributed by atoms with Gasteiger partial charge in [-0.3, -0.25) is 9.20 Å². The number of aromatic nitrogens is 3. The molecule has 0 saturated carbocycles. The van der Waals surface area contributed by atoms with Crippen LogP contribution in [0.3, 0.4) is 0 Å². The number of nitrogens with zero attached hydrogens (tertiary/aromatic N) is 4. The molecule has 186 valence electrons. The van der Waals surface area contributed by atoms with Crippen LogP contribution in [0.25, 0.3) is 16.9 Å². The summed E-state index contributed by atoms with van der Waals surface area (Å²) in [6, 6.07) is 16.8. The van der Waals surface area contributed by atoms with Crippen LogP contribution in [0.2, 0.25) is 0 Å². The second-order valence-corrected chi connectivity index (χ2v) is 9.85. The van der Waals surface area contributed by atoms with E-state index in [0.717, 1.165) is 67.3 Å². The first-order chi connectivity index (χ1) is 17.6. The predicted octanol–water partition coefficient (Wildman–Crippen LogP) is 3.86. The molecule has 2 aliphatic heterocycles. The molecule has 2 aliphatic rings. The van der Waals surface area contributed by atoms with Crippen LogP contribution in [0.15, 0.2) is 71.9 Å². The van der Waals surface area contributed by atoms with E-state index >= 15 is 0 Å². The third kappa shape index (κ3) is 4.62. The minimum absolute atomic E-state index is 0.106. The van der Waals surface area contributed by atoms with Gasteiger partial charge < -0.3 is 25.2 Å². The van der Waals surface area contributed by atoms with E-state index < -0.39 is 0 Å². The van der Waals surface area contributed by atoms with Gasteiger partial charge in [-0.2, -0.15) is 0 Å². The number of benzene rings is 1. The van der Waals surface area contributed by atoms with Crippen molar-refractivity contribution in [1.29, 1.82) is 0 Å². The topological polar surface area (TPSA) is 88.9 Å². The third-order valence-corrected chi connectivity index (χ3v) is 7.61. The highest BCUT2D eigenvalue weighted by Gasteiger charge is 2.27.